The molecule has 0 saturated carbocycles. The van der Waals surface area contributed by atoms with Gasteiger partial charge in [-0.05, 0) is 43.0 Å². The molecule has 2 atom stereocenters. The van der Waals surface area contributed by atoms with Crippen LogP contribution in [0.3, 0.4) is 0 Å². The van der Waals surface area contributed by atoms with Crippen molar-refractivity contribution in [1.82, 2.24) is 10.2 Å². The van der Waals surface area contributed by atoms with E-state index in [4.69, 9.17) is 9.36 Å². The van der Waals surface area contributed by atoms with Crippen molar-refractivity contribution in [3.8, 4) is 0 Å². The number of aromatic nitrogens is 1. The Labute approximate surface area is 152 Å². The van der Waals surface area contributed by atoms with Gasteiger partial charge in [-0.2, -0.15) is 18.3 Å². The van der Waals surface area contributed by atoms with Crippen molar-refractivity contribution in [1.29, 1.82) is 0 Å². The lowest BCUT2D eigenvalue weighted by Crippen LogP contribution is -2.37. The molecule has 0 amide bonds. The number of nitrogens with zero attached hydrogens (tertiary/aromatic N) is 1. The minimum atomic E-state index is -4.43. The number of aromatic amines is 1. The van der Waals surface area contributed by atoms with Gasteiger partial charge in [0.15, 0.2) is 0 Å². The van der Waals surface area contributed by atoms with E-state index in [1.807, 2.05) is 0 Å². The summed E-state index contributed by atoms with van der Waals surface area (Å²) in [6.45, 7) is 3.23. The molecule has 1 aliphatic heterocycles. The Morgan fingerprint density at radius 3 is 2.63 bits per heavy atom. The quantitative estimate of drug-likeness (QED) is 0.874. The third-order valence-corrected chi connectivity index (χ3v) is 4.70. The normalized spacial score (nSPS) is 21.2. The van der Waals surface area contributed by atoms with Gasteiger partial charge in [-0.3, -0.25) is 9.59 Å². The molecule has 0 bridgehead atoms. The number of hydrogen-bond donors (Lipinski definition) is 1. The van der Waals surface area contributed by atoms with Crippen LogP contribution in [0.25, 0.3) is 0 Å². The molecular formula is C18H19F3N2O4. The second-order valence-corrected chi connectivity index (χ2v) is 6.64. The van der Waals surface area contributed by atoms with Crippen molar-refractivity contribution in [2.24, 2.45) is 0 Å². The van der Waals surface area contributed by atoms with Gasteiger partial charge in [-0.15, -0.1) is 5.06 Å². The van der Waals surface area contributed by atoms with E-state index < -0.39 is 23.8 Å². The van der Waals surface area contributed by atoms with Crippen molar-refractivity contribution in [3.63, 3.8) is 0 Å². The number of H-pyrrole nitrogens is 1. The number of hydroxylamine groups is 2. The maximum Gasteiger partial charge on any atom is 0.416 e. The van der Waals surface area contributed by atoms with Gasteiger partial charge < -0.3 is 9.36 Å². The summed E-state index contributed by atoms with van der Waals surface area (Å²) in [6.07, 6.45) is -3.42. The predicted octanol–water partition coefficient (Wildman–Crippen LogP) is 3.69. The third-order valence-electron chi connectivity index (χ3n) is 4.70. The molecule has 0 spiro atoms. The molecule has 1 N–H and O–H groups in total. The fourth-order valence-electron chi connectivity index (χ4n) is 3.48. The Morgan fingerprint density at radius 1 is 1.33 bits per heavy atom. The lowest BCUT2D eigenvalue weighted by molar-refractivity contribution is -0.208. The maximum absolute atomic E-state index is 13.0. The number of piperidine rings is 1. The summed E-state index contributed by atoms with van der Waals surface area (Å²) < 4.78 is 44.0. The summed E-state index contributed by atoms with van der Waals surface area (Å²) in [7, 11) is 0. The SMILES string of the molecule is CC(=O)ON1CCC(c2cc(=O)[nH]o2)CC1c1ccc(C(F)(F)F)cc1C. The number of rotatable bonds is 3. The lowest BCUT2D eigenvalue weighted by Gasteiger charge is -2.37. The van der Waals surface area contributed by atoms with Gasteiger partial charge in [0.25, 0.3) is 5.56 Å². The summed E-state index contributed by atoms with van der Waals surface area (Å²) in [6, 6.07) is 4.43. The van der Waals surface area contributed by atoms with Gasteiger partial charge in [0.1, 0.15) is 5.76 Å². The van der Waals surface area contributed by atoms with Crippen LogP contribution in [-0.4, -0.2) is 22.7 Å². The summed E-state index contributed by atoms with van der Waals surface area (Å²) >= 11 is 0. The van der Waals surface area contributed by atoms with Crippen molar-refractivity contribution in [2.45, 2.75) is 44.8 Å². The molecule has 1 aromatic heterocycles. The van der Waals surface area contributed by atoms with Crippen LogP contribution in [0.1, 0.15) is 54.2 Å². The molecule has 1 fully saturated rings. The number of nitrogens with one attached hydrogen (secondary N) is 1. The van der Waals surface area contributed by atoms with Crippen LogP contribution in [0.2, 0.25) is 0 Å². The first-order valence-corrected chi connectivity index (χ1v) is 8.46. The fourth-order valence-corrected chi connectivity index (χ4v) is 3.48. The monoisotopic (exact) mass is 384 g/mol. The zero-order valence-corrected chi connectivity index (χ0v) is 14.8. The highest BCUT2D eigenvalue weighted by molar-refractivity contribution is 5.65. The summed E-state index contributed by atoms with van der Waals surface area (Å²) in [5, 5.41) is 3.73. The lowest BCUT2D eigenvalue weighted by atomic mass is 9.85. The smallest absolute Gasteiger partial charge is 0.383 e. The van der Waals surface area contributed by atoms with Crippen molar-refractivity contribution < 1.29 is 27.3 Å². The molecule has 27 heavy (non-hydrogen) atoms. The first-order valence-electron chi connectivity index (χ1n) is 8.46. The minimum Gasteiger partial charge on any atom is -0.383 e. The summed E-state index contributed by atoms with van der Waals surface area (Å²) in [5.74, 6) is -0.143. The second-order valence-electron chi connectivity index (χ2n) is 6.64. The molecule has 146 valence electrons. The Kier molecular flexibility index (Phi) is 5.14. The number of alkyl halides is 3. The topological polar surface area (TPSA) is 75.5 Å². The van der Waals surface area contributed by atoms with Gasteiger partial charge in [0.2, 0.25) is 0 Å². The van der Waals surface area contributed by atoms with Gasteiger partial charge in [-0.1, -0.05) is 6.07 Å². The van der Waals surface area contributed by atoms with E-state index in [-0.39, 0.29) is 11.5 Å². The molecular weight excluding hydrogens is 365 g/mol. The van der Waals surface area contributed by atoms with E-state index in [1.54, 1.807) is 6.92 Å². The molecule has 2 aromatic rings. The second kappa shape index (κ2) is 7.22. The van der Waals surface area contributed by atoms with E-state index in [0.717, 1.165) is 12.1 Å². The number of aryl methyl sites for hydroxylation is 1. The Bertz CT molecular complexity index is 887. The standard InChI is InChI=1S/C18H19F3N2O4/c1-10-7-13(18(19,20)21)3-4-14(10)15-8-12(16-9-17(25)22-26-16)5-6-23(15)27-11(2)24/h3-4,7,9,12,15H,5-6,8H2,1-2H3,(H,22,25). The molecule has 0 radical (unpaired) electrons. The fraction of sp³-hybridized carbons (Fsp3) is 0.444. The highest BCUT2D eigenvalue weighted by atomic mass is 19.4. The van der Waals surface area contributed by atoms with E-state index in [2.05, 4.69) is 5.16 Å². The van der Waals surface area contributed by atoms with Crippen molar-refractivity contribution >= 4 is 5.97 Å². The first kappa shape index (κ1) is 19.2. The number of benzene rings is 1. The third kappa shape index (κ3) is 4.24. The predicted molar refractivity (Wildman–Crippen MR) is 88.7 cm³/mol. The van der Waals surface area contributed by atoms with Crippen LogP contribution in [0.5, 0.6) is 0 Å². The van der Waals surface area contributed by atoms with Crippen LogP contribution < -0.4 is 5.56 Å². The Balaban J connectivity index is 1.93. The number of carbonyl (C=O) groups excluding carboxylic acids is 1. The molecule has 2 unspecified atom stereocenters. The molecule has 6 nitrogen and oxygen atoms in total. The van der Waals surface area contributed by atoms with Gasteiger partial charge >= 0.3 is 12.1 Å². The molecule has 2 heterocycles. The largest absolute Gasteiger partial charge is 0.416 e. The highest BCUT2D eigenvalue weighted by Crippen LogP contribution is 2.41. The Morgan fingerprint density at radius 2 is 2.07 bits per heavy atom. The highest BCUT2D eigenvalue weighted by Gasteiger charge is 2.36. The maximum atomic E-state index is 13.0. The van der Waals surface area contributed by atoms with Gasteiger partial charge in [0.05, 0.1) is 11.6 Å². The zero-order chi connectivity index (χ0) is 19.8. The van der Waals surface area contributed by atoms with Gasteiger partial charge in [0, 0.05) is 25.5 Å². The summed E-state index contributed by atoms with van der Waals surface area (Å²) in [4.78, 5) is 28.1. The first-order chi connectivity index (χ1) is 12.6. The van der Waals surface area contributed by atoms with Crippen molar-refractivity contribution in [3.05, 3.63) is 57.1 Å². The number of hydrogen-bond acceptors (Lipinski definition) is 5. The zero-order valence-electron chi connectivity index (χ0n) is 14.8. The molecule has 0 aliphatic carbocycles. The average Bonchev–Trinajstić information content (AvgIpc) is 3.00. The summed E-state index contributed by atoms with van der Waals surface area (Å²) in [5.41, 5.74) is -0.00330. The van der Waals surface area contributed by atoms with E-state index in [9.17, 15) is 22.8 Å². The average molecular weight is 384 g/mol. The van der Waals surface area contributed by atoms with Crippen LogP contribution in [-0.2, 0) is 15.8 Å². The van der Waals surface area contributed by atoms with Gasteiger partial charge in [-0.25, -0.2) is 0 Å². The van der Waals surface area contributed by atoms with E-state index >= 15 is 0 Å². The number of halogens is 3. The Hall–Kier alpha value is -2.55. The molecule has 3 rings (SSSR count). The van der Waals surface area contributed by atoms with Crippen LogP contribution >= 0.6 is 0 Å². The number of carbonyl (C=O) groups is 1. The molecule has 1 saturated heterocycles. The van der Waals surface area contributed by atoms with E-state index in [0.29, 0.717) is 36.3 Å². The van der Waals surface area contributed by atoms with Crippen molar-refractivity contribution in [2.75, 3.05) is 6.54 Å². The molecule has 1 aliphatic rings. The van der Waals surface area contributed by atoms with Crippen LogP contribution in [0.15, 0.2) is 33.6 Å². The molecule has 1 aromatic carbocycles. The van der Waals surface area contributed by atoms with Crippen LogP contribution in [0.4, 0.5) is 13.2 Å². The van der Waals surface area contributed by atoms with Crippen LogP contribution in [0, 0.1) is 6.92 Å². The molecule has 9 heteroatoms. The van der Waals surface area contributed by atoms with E-state index in [1.165, 1.54) is 24.1 Å². The minimum absolute atomic E-state index is 0.123.